The molecule has 24 heavy (non-hydrogen) atoms. The van der Waals surface area contributed by atoms with Crippen molar-refractivity contribution in [3.63, 3.8) is 0 Å². The fourth-order valence-electron chi connectivity index (χ4n) is 2.31. The van der Waals surface area contributed by atoms with Gasteiger partial charge in [0.15, 0.2) is 0 Å². The van der Waals surface area contributed by atoms with Gasteiger partial charge in [-0.2, -0.15) is 19.1 Å². The van der Waals surface area contributed by atoms with Crippen LogP contribution in [0.25, 0.3) is 10.9 Å². The summed E-state index contributed by atoms with van der Waals surface area (Å²) in [6, 6.07) is 8.46. The highest BCUT2D eigenvalue weighted by atomic mass is 32.2. The van der Waals surface area contributed by atoms with Crippen LogP contribution < -0.4 is 4.74 Å². The summed E-state index contributed by atoms with van der Waals surface area (Å²) < 4.78 is 44.5. The van der Waals surface area contributed by atoms with E-state index in [2.05, 4.69) is 10.2 Å². The number of alkyl halides is 2. The second-order valence-corrected chi connectivity index (χ2v) is 5.93. The van der Waals surface area contributed by atoms with Crippen LogP contribution >= 0.6 is 11.8 Å². The zero-order valence-electron chi connectivity index (χ0n) is 12.3. The SMILES string of the molecule is Cc1[nH]nc2c(SC(F)F)ccc(Oc3cc(F)cc(C#N)c3)c12. The van der Waals surface area contributed by atoms with Crippen molar-refractivity contribution in [1.82, 2.24) is 10.2 Å². The van der Waals surface area contributed by atoms with Crippen LogP contribution in [-0.4, -0.2) is 16.0 Å². The Morgan fingerprint density at radius 1 is 1.29 bits per heavy atom. The highest BCUT2D eigenvalue weighted by Gasteiger charge is 2.17. The molecule has 0 fully saturated rings. The first-order valence-corrected chi connectivity index (χ1v) is 7.67. The number of ether oxygens (including phenoxy) is 1. The summed E-state index contributed by atoms with van der Waals surface area (Å²) in [7, 11) is 0. The summed E-state index contributed by atoms with van der Waals surface area (Å²) in [6.45, 7) is 1.73. The van der Waals surface area contributed by atoms with Crippen LogP contribution in [0.2, 0.25) is 0 Å². The Hall–Kier alpha value is -2.66. The van der Waals surface area contributed by atoms with Gasteiger partial charge in [-0.1, -0.05) is 11.8 Å². The molecule has 0 saturated heterocycles. The van der Waals surface area contributed by atoms with E-state index in [1.54, 1.807) is 6.92 Å². The highest BCUT2D eigenvalue weighted by Crippen LogP contribution is 2.38. The van der Waals surface area contributed by atoms with Gasteiger partial charge in [-0.25, -0.2) is 4.39 Å². The summed E-state index contributed by atoms with van der Waals surface area (Å²) in [5.41, 5.74) is 1.11. The van der Waals surface area contributed by atoms with E-state index in [1.807, 2.05) is 6.07 Å². The number of aromatic amines is 1. The second kappa shape index (κ2) is 6.45. The van der Waals surface area contributed by atoms with Crippen molar-refractivity contribution in [2.24, 2.45) is 0 Å². The number of fused-ring (bicyclic) bond motifs is 1. The Balaban J connectivity index is 2.06. The summed E-state index contributed by atoms with van der Waals surface area (Å²) in [5.74, 6) is -2.69. The first-order chi connectivity index (χ1) is 11.5. The molecule has 0 aliphatic carbocycles. The first-order valence-electron chi connectivity index (χ1n) is 6.79. The number of aryl methyl sites for hydroxylation is 1. The number of hydrogen-bond acceptors (Lipinski definition) is 4. The molecule has 0 aliphatic rings. The van der Waals surface area contributed by atoms with Gasteiger partial charge < -0.3 is 4.74 Å². The molecule has 122 valence electrons. The largest absolute Gasteiger partial charge is 0.456 e. The minimum absolute atomic E-state index is 0.120. The predicted molar refractivity (Wildman–Crippen MR) is 83.9 cm³/mol. The van der Waals surface area contributed by atoms with Crippen molar-refractivity contribution >= 4 is 22.7 Å². The maximum Gasteiger partial charge on any atom is 0.288 e. The van der Waals surface area contributed by atoms with Crippen molar-refractivity contribution in [1.29, 1.82) is 5.26 Å². The van der Waals surface area contributed by atoms with E-state index >= 15 is 0 Å². The van der Waals surface area contributed by atoms with Gasteiger partial charge in [0.25, 0.3) is 5.76 Å². The molecule has 0 atom stereocenters. The monoisotopic (exact) mass is 349 g/mol. The number of rotatable bonds is 4. The molecule has 8 heteroatoms. The van der Waals surface area contributed by atoms with Crippen LogP contribution in [0.3, 0.4) is 0 Å². The molecular weight excluding hydrogens is 339 g/mol. The number of hydrogen-bond donors (Lipinski definition) is 1. The normalized spacial score (nSPS) is 11.0. The smallest absolute Gasteiger partial charge is 0.288 e. The van der Waals surface area contributed by atoms with Crippen molar-refractivity contribution in [3.05, 3.63) is 47.4 Å². The van der Waals surface area contributed by atoms with E-state index in [1.165, 1.54) is 18.2 Å². The molecule has 0 bridgehead atoms. The average molecular weight is 349 g/mol. The number of nitriles is 1. The quantitative estimate of drug-likeness (QED) is 0.674. The molecule has 0 amide bonds. The lowest BCUT2D eigenvalue weighted by molar-refractivity contribution is 0.252. The van der Waals surface area contributed by atoms with Crippen LogP contribution in [0.5, 0.6) is 11.5 Å². The first kappa shape index (κ1) is 16.2. The Kier molecular flexibility index (Phi) is 4.36. The molecule has 3 aromatic rings. The summed E-state index contributed by atoms with van der Waals surface area (Å²) in [5, 5.41) is 16.2. The van der Waals surface area contributed by atoms with Gasteiger partial charge in [-0.05, 0) is 31.2 Å². The van der Waals surface area contributed by atoms with Crippen molar-refractivity contribution in [2.75, 3.05) is 0 Å². The highest BCUT2D eigenvalue weighted by molar-refractivity contribution is 7.99. The Morgan fingerprint density at radius 2 is 2.08 bits per heavy atom. The maximum absolute atomic E-state index is 13.5. The van der Waals surface area contributed by atoms with Gasteiger partial charge in [0.2, 0.25) is 0 Å². The summed E-state index contributed by atoms with van der Waals surface area (Å²) >= 11 is 0.390. The second-order valence-electron chi connectivity index (χ2n) is 4.90. The topological polar surface area (TPSA) is 61.7 Å². The van der Waals surface area contributed by atoms with Crippen LogP contribution in [0.15, 0.2) is 35.2 Å². The molecule has 1 heterocycles. The molecule has 0 saturated carbocycles. The number of benzene rings is 2. The number of aromatic nitrogens is 2. The van der Waals surface area contributed by atoms with Crippen LogP contribution in [0, 0.1) is 24.1 Å². The zero-order chi connectivity index (χ0) is 17.3. The molecular formula is C16H10F3N3OS. The lowest BCUT2D eigenvalue weighted by Crippen LogP contribution is -1.90. The number of nitrogens with zero attached hydrogens (tertiary/aromatic N) is 2. The van der Waals surface area contributed by atoms with E-state index < -0.39 is 11.6 Å². The van der Waals surface area contributed by atoms with E-state index in [-0.39, 0.29) is 11.3 Å². The molecule has 1 aromatic heterocycles. The zero-order valence-corrected chi connectivity index (χ0v) is 13.1. The molecule has 0 radical (unpaired) electrons. The van der Waals surface area contributed by atoms with E-state index in [0.717, 1.165) is 12.1 Å². The molecule has 3 rings (SSSR count). The number of thioether (sulfide) groups is 1. The van der Waals surface area contributed by atoms with Gasteiger partial charge in [-0.15, -0.1) is 0 Å². The lowest BCUT2D eigenvalue weighted by Gasteiger charge is -2.10. The third-order valence-corrected chi connectivity index (χ3v) is 4.02. The van der Waals surface area contributed by atoms with E-state index in [0.29, 0.717) is 39.0 Å². The van der Waals surface area contributed by atoms with Crippen LogP contribution in [0.4, 0.5) is 13.2 Å². The van der Waals surface area contributed by atoms with Gasteiger partial charge in [0.1, 0.15) is 22.8 Å². The predicted octanol–water partition coefficient (Wildman–Crippen LogP) is 4.99. The summed E-state index contributed by atoms with van der Waals surface area (Å²) in [6.07, 6.45) is 0. The summed E-state index contributed by atoms with van der Waals surface area (Å²) in [4.78, 5) is 0.314. The average Bonchev–Trinajstić information content (AvgIpc) is 2.91. The molecule has 0 aliphatic heterocycles. The minimum atomic E-state index is -2.57. The molecule has 1 N–H and O–H groups in total. The standard InChI is InChI=1S/C16H10F3N3OS/c1-8-14-12(23-11-5-9(7-20)4-10(17)6-11)2-3-13(24-16(18)19)15(14)22-21-8/h2-6,16H,1H3,(H,21,22). The van der Waals surface area contributed by atoms with Crippen LogP contribution in [-0.2, 0) is 0 Å². The van der Waals surface area contributed by atoms with Gasteiger partial charge in [0.05, 0.1) is 17.0 Å². The molecule has 4 nitrogen and oxygen atoms in total. The third kappa shape index (κ3) is 3.16. The van der Waals surface area contributed by atoms with E-state index in [4.69, 9.17) is 10.00 Å². The van der Waals surface area contributed by atoms with Crippen molar-refractivity contribution in [3.8, 4) is 17.6 Å². The number of H-pyrrole nitrogens is 1. The number of nitrogens with one attached hydrogen (secondary N) is 1. The van der Waals surface area contributed by atoms with Crippen molar-refractivity contribution in [2.45, 2.75) is 17.6 Å². The molecule has 2 aromatic carbocycles. The van der Waals surface area contributed by atoms with Crippen molar-refractivity contribution < 1.29 is 17.9 Å². The number of halogens is 3. The Labute approximate surface area is 139 Å². The Bertz CT molecular complexity index is 950. The van der Waals surface area contributed by atoms with Gasteiger partial charge >= 0.3 is 0 Å². The Morgan fingerprint density at radius 3 is 2.79 bits per heavy atom. The third-order valence-electron chi connectivity index (χ3n) is 3.26. The molecule has 0 spiro atoms. The maximum atomic E-state index is 13.5. The minimum Gasteiger partial charge on any atom is -0.456 e. The van der Waals surface area contributed by atoms with Crippen LogP contribution in [0.1, 0.15) is 11.3 Å². The lowest BCUT2D eigenvalue weighted by atomic mass is 10.2. The van der Waals surface area contributed by atoms with Gasteiger partial charge in [-0.3, -0.25) is 5.10 Å². The fraction of sp³-hybridized carbons (Fsp3) is 0.125. The van der Waals surface area contributed by atoms with E-state index in [9.17, 15) is 13.2 Å². The fourth-order valence-corrected chi connectivity index (χ4v) is 2.91. The van der Waals surface area contributed by atoms with Gasteiger partial charge in [0, 0.05) is 16.7 Å². The molecule has 0 unspecified atom stereocenters.